The molecule has 2 saturated carbocycles. The molecule has 0 saturated heterocycles. The highest BCUT2D eigenvalue weighted by atomic mass is 32.2. The number of hydrogen-bond acceptors (Lipinski definition) is 4. The molecular weight excluding hydrogens is 356 g/mol. The van der Waals surface area contributed by atoms with Crippen LogP contribution in [0.2, 0.25) is 0 Å². The van der Waals surface area contributed by atoms with Gasteiger partial charge in [0.25, 0.3) is 0 Å². The Bertz CT molecular complexity index is 749. The number of hydrogen-bond donors (Lipinski definition) is 1. The summed E-state index contributed by atoms with van der Waals surface area (Å²) in [5, 5.41) is 13.0. The Morgan fingerprint density at radius 3 is 2.44 bits per heavy atom. The quantitative estimate of drug-likeness (QED) is 0.747. The van der Waals surface area contributed by atoms with E-state index in [9.17, 15) is 4.79 Å². The van der Waals surface area contributed by atoms with Crippen molar-refractivity contribution >= 4 is 17.7 Å². The fourth-order valence-electron chi connectivity index (χ4n) is 4.29. The topological polar surface area (TPSA) is 59.8 Å². The normalized spacial score (nSPS) is 18.7. The lowest BCUT2D eigenvalue weighted by atomic mass is 9.88. The first-order valence-electron chi connectivity index (χ1n) is 10.2. The van der Waals surface area contributed by atoms with Crippen molar-refractivity contribution in [1.29, 1.82) is 0 Å². The number of thioether (sulfide) groups is 1. The second-order valence-corrected chi connectivity index (χ2v) is 8.63. The second kappa shape index (κ2) is 8.91. The zero-order valence-corrected chi connectivity index (χ0v) is 16.6. The summed E-state index contributed by atoms with van der Waals surface area (Å²) in [5.41, 5.74) is 1.08. The molecule has 0 bridgehead atoms. The summed E-state index contributed by atoms with van der Waals surface area (Å²) in [6.07, 6.45) is 10.9. The third-order valence-electron chi connectivity index (χ3n) is 5.70. The molecule has 0 aliphatic heterocycles. The van der Waals surface area contributed by atoms with E-state index < -0.39 is 0 Å². The number of nitrogens with one attached hydrogen (secondary N) is 1. The van der Waals surface area contributed by atoms with Crippen LogP contribution in [0.3, 0.4) is 0 Å². The number of rotatable bonds is 6. The molecule has 27 heavy (non-hydrogen) atoms. The van der Waals surface area contributed by atoms with Gasteiger partial charge in [-0.2, -0.15) is 0 Å². The Morgan fingerprint density at radius 1 is 1.00 bits per heavy atom. The highest BCUT2D eigenvalue weighted by Crippen LogP contribution is 2.34. The summed E-state index contributed by atoms with van der Waals surface area (Å²) in [6.45, 7) is 0. The van der Waals surface area contributed by atoms with E-state index >= 15 is 0 Å². The van der Waals surface area contributed by atoms with E-state index in [1.165, 1.54) is 56.7 Å². The Kier molecular flexibility index (Phi) is 6.12. The van der Waals surface area contributed by atoms with E-state index in [1.54, 1.807) is 0 Å². The molecule has 0 atom stereocenters. The maximum absolute atomic E-state index is 12.3. The number of carbonyl (C=O) groups excluding carboxylic acids is 1. The SMILES string of the molecule is O=C(CSc1nnc(C2CCCCC2)n1-c1ccccc1)NC1CCCC1. The van der Waals surface area contributed by atoms with E-state index in [0.29, 0.717) is 17.7 Å². The molecule has 6 heteroatoms. The zero-order valence-electron chi connectivity index (χ0n) is 15.8. The van der Waals surface area contributed by atoms with E-state index in [4.69, 9.17) is 0 Å². The summed E-state index contributed by atoms with van der Waals surface area (Å²) >= 11 is 1.50. The standard InChI is InChI=1S/C21H28N4OS/c26-19(22-17-11-7-8-12-17)15-27-21-24-23-20(16-9-3-1-4-10-16)25(21)18-13-5-2-6-14-18/h2,5-6,13-14,16-17H,1,3-4,7-12,15H2,(H,22,26). The average Bonchev–Trinajstić information content (AvgIpc) is 3.37. The van der Waals surface area contributed by atoms with Gasteiger partial charge in [-0.25, -0.2) is 0 Å². The second-order valence-electron chi connectivity index (χ2n) is 7.68. The van der Waals surface area contributed by atoms with Crippen molar-refractivity contribution in [3.63, 3.8) is 0 Å². The fraction of sp³-hybridized carbons (Fsp3) is 0.571. The first-order valence-corrected chi connectivity index (χ1v) is 11.2. The molecular formula is C21H28N4OS. The van der Waals surface area contributed by atoms with Crippen LogP contribution in [0.15, 0.2) is 35.5 Å². The van der Waals surface area contributed by atoms with E-state index in [1.807, 2.05) is 18.2 Å². The van der Waals surface area contributed by atoms with Crippen LogP contribution in [-0.2, 0) is 4.79 Å². The lowest BCUT2D eigenvalue weighted by Gasteiger charge is -2.22. The first kappa shape index (κ1) is 18.5. The third-order valence-corrected chi connectivity index (χ3v) is 6.62. The van der Waals surface area contributed by atoms with Crippen molar-refractivity contribution in [3.05, 3.63) is 36.2 Å². The van der Waals surface area contributed by atoms with E-state index in [0.717, 1.165) is 29.5 Å². The van der Waals surface area contributed by atoms with Crippen LogP contribution in [0.25, 0.3) is 5.69 Å². The van der Waals surface area contributed by atoms with Crippen molar-refractivity contribution in [2.75, 3.05) is 5.75 Å². The third kappa shape index (κ3) is 4.54. The molecule has 4 rings (SSSR count). The van der Waals surface area contributed by atoms with Gasteiger partial charge < -0.3 is 5.32 Å². The molecule has 5 nitrogen and oxygen atoms in total. The van der Waals surface area contributed by atoms with Gasteiger partial charge in [-0.15, -0.1) is 10.2 Å². The predicted molar refractivity (Wildman–Crippen MR) is 108 cm³/mol. The molecule has 2 aliphatic carbocycles. The van der Waals surface area contributed by atoms with Gasteiger partial charge in [0.2, 0.25) is 5.91 Å². The minimum Gasteiger partial charge on any atom is -0.353 e. The molecule has 1 amide bonds. The molecule has 0 unspecified atom stereocenters. The minimum atomic E-state index is 0.105. The van der Waals surface area contributed by atoms with E-state index in [2.05, 4.69) is 32.2 Å². The average molecular weight is 385 g/mol. The van der Waals surface area contributed by atoms with Gasteiger partial charge in [-0.05, 0) is 37.8 Å². The molecule has 1 aromatic heterocycles. The number of nitrogens with zero attached hydrogens (tertiary/aromatic N) is 3. The predicted octanol–water partition coefficient (Wildman–Crippen LogP) is 4.47. The molecule has 2 aromatic rings. The largest absolute Gasteiger partial charge is 0.353 e. The summed E-state index contributed by atoms with van der Waals surface area (Å²) in [7, 11) is 0. The van der Waals surface area contributed by atoms with Crippen LogP contribution in [-0.4, -0.2) is 32.5 Å². The van der Waals surface area contributed by atoms with Crippen LogP contribution in [0, 0.1) is 0 Å². The monoisotopic (exact) mass is 384 g/mol. The van der Waals surface area contributed by atoms with Crippen molar-refractivity contribution in [2.24, 2.45) is 0 Å². The molecule has 0 spiro atoms. The van der Waals surface area contributed by atoms with Crippen LogP contribution < -0.4 is 5.32 Å². The summed E-state index contributed by atoms with van der Waals surface area (Å²) < 4.78 is 2.17. The maximum Gasteiger partial charge on any atom is 0.230 e. The van der Waals surface area contributed by atoms with Crippen molar-refractivity contribution in [3.8, 4) is 5.69 Å². The van der Waals surface area contributed by atoms with Gasteiger partial charge in [-0.1, -0.05) is 62.1 Å². The van der Waals surface area contributed by atoms with Gasteiger partial charge in [0.15, 0.2) is 5.16 Å². The minimum absolute atomic E-state index is 0.105. The van der Waals surface area contributed by atoms with Crippen molar-refractivity contribution in [2.45, 2.75) is 74.9 Å². The molecule has 2 fully saturated rings. The van der Waals surface area contributed by atoms with Gasteiger partial charge in [0.05, 0.1) is 5.75 Å². The van der Waals surface area contributed by atoms with Crippen LogP contribution in [0.5, 0.6) is 0 Å². The first-order chi connectivity index (χ1) is 13.3. The summed E-state index contributed by atoms with van der Waals surface area (Å²) in [5.74, 6) is 2.02. The lowest BCUT2D eigenvalue weighted by Crippen LogP contribution is -2.33. The number of aromatic nitrogens is 3. The Labute approximate surface area is 165 Å². The molecule has 2 aliphatic rings. The zero-order chi connectivity index (χ0) is 18.5. The Morgan fingerprint density at radius 2 is 1.70 bits per heavy atom. The van der Waals surface area contributed by atoms with E-state index in [-0.39, 0.29) is 5.91 Å². The van der Waals surface area contributed by atoms with Crippen LogP contribution in [0.4, 0.5) is 0 Å². The maximum atomic E-state index is 12.3. The van der Waals surface area contributed by atoms with Gasteiger partial charge in [-0.3, -0.25) is 9.36 Å². The lowest BCUT2D eigenvalue weighted by molar-refractivity contribution is -0.119. The van der Waals surface area contributed by atoms with Crippen molar-refractivity contribution < 1.29 is 4.79 Å². The van der Waals surface area contributed by atoms with Crippen LogP contribution >= 0.6 is 11.8 Å². The molecule has 144 valence electrons. The Balaban J connectivity index is 1.51. The van der Waals surface area contributed by atoms with Crippen molar-refractivity contribution in [1.82, 2.24) is 20.1 Å². The molecule has 1 aromatic carbocycles. The summed E-state index contributed by atoms with van der Waals surface area (Å²) in [4.78, 5) is 12.3. The Hall–Kier alpha value is -1.82. The summed E-state index contributed by atoms with van der Waals surface area (Å²) in [6, 6.07) is 10.7. The molecule has 1 heterocycles. The number of amides is 1. The molecule has 1 N–H and O–H groups in total. The highest BCUT2D eigenvalue weighted by molar-refractivity contribution is 7.99. The molecule has 0 radical (unpaired) electrons. The number of benzene rings is 1. The fourth-order valence-corrected chi connectivity index (χ4v) is 5.06. The number of para-hydroxylation sites is 1. The van der Waals surface area contributed by atoms with Crippen LogP contribution in [0.1, 0.15) is 69.5 Å². The highest BCUT2D eigenvalue weighted by Gasteiger charge is 2.25. The van der Waals surface area contributed by atoms with Gasteiger partial charge in [0.1, 0.15) is 5.82 Å². The number of carbonyl (C=O) groups is 1. The van der Waals surface area contributed by atoms with Gasteiger partial charge >= 0.3 is 0 Å². The van der Waals surface area contributed by atoms with Gasteiger partial charge in [0, 0.05) is 17.6 Å². The smallest absolute Gasteiger partial charge is 0.230 e.